The van der Waals surface area contributed by atoms with Crippen LogP contribution in [0, 0.1) is 5.92 Å². The predicted octanol–water partition coefficient (Wildman–Crippen LogP) is 2.34. The Balaban J connectivity index is 1.87. The maximum absolute atomic E-state index is 12.6. The highest BCUT2D eigenvalue weighted by molar-refractivity contribution is 5.85. The summed E-state index contributed by atoms with van der Waals surface area (Å²) in [6, 6.07) is 4.37. The molecule has 7 heteroatoms. The lowest BCUT2D eigenvalue weighted by molar-refractivity contribution is -0.137. The first kappa shape index (κ1) is 17.5. The highest BCUT2D eigenvalue weighted by Crippen LogP contribution is 2.31. The Bertz CT molecular complexity index is 583. The molecule has 0 amide bonds. The number of aliphatic hydroxyl groups excluding tert-OH is 2. The van der Waals surface area contributed by atoms with Crippen molar-refractivity contribution in [2.24, 2.45) is 5.92 Å². The van der Waals surface area contributed by atoms with Gasteiger partial charge in [-0.1, -0.05) is 18.2 Å². The van der Waals surface area contributed by atoms with Crippen molar-refractivity contribution in [3.63, 3.8) is 0 Å². The van der Waals surface area contributed by atoms with Crippen molar-refractivity contribution in [3.8, 4) is 5.75 Å². The van der Waals surface area contributed by atoms with Crippen LogP contribution in [0.3, 0.4) is 0 Å². The van der Waals surface area contributed by atoms with Crippen molar-refractivity contribution < 1.29 is 32.9 Å². The van der Waals surface area contributed by atoms with Crippen molar-refractivity contribution in [3.05, 3.63) is 42.0 Å². The van der Waals surface area contributed by atoms with E-state index in [1.54, 1.807) is 0 Å². The minimum absolute atomic E-state index is 0.000333. The maximum Gasteiger partial charge on any atom is 0.416 e. The normalized spacial score (nSPS) is 23.4. The molecule has 1 saturated carbocycles. The zero-order valence-electron chi connectivity index (χ0n) is 12.2. The number of allylic oxidation sites excluding steroid dienone is 1. The first-order valence-corrected chi connectivity index (χ1v) is 7.13. The summed E-state index contributed by atoms with van der Waals surface area (Å²) < 4.78 is 42.8. The fraction of sp³-hybridized carbons (Fsp3) is 0.438. The fourth-order valence-corrected chi connectivity index (χ4v) is 2.34. The van der Waals surface area contributed by atoms with Crippen LogP contribution < -0.4 is 4.74 Å². The lowest BCUT2D eigenvalue weighted by Gasteiger charge is -2.12. The lowest BCUT2D eigenvalue weighted by atomic mass is 10.1. The molecule has 0 aromatic heterocycles. The van der Waals surface area contributed by atoms with Gasteiger partial charge >= 0.3 is 6.18 Å². The van der Waals surface area contributed by atoms with Gasteiger partial charge in [-0.05, 0) is 24.6 Å². The van der Waals surface area contributed by atoms with Crippen LogP contribution in [-0.2, 0) is 11.0 Å². The highest BCUT2D eigenvalue weighted by atomic mass is 19.4. The third kappa shape index (κ3) is 5.07. The van der Waals surface area contributed by atoms with Crippen LogP contribution in [-0.4, -0.2) is 34.8 Å². The molecule has 4 nitrogen and oxygen atoms in total. The lowest BCUT2D eigenvalue weighted by Crippen LogP contribution is -2.16. The average Bonchev–Trinajstić information content (AvgIpc) is 2.80. The largest absolute Gasteiger partial charge is 0.491 e. The van der Waals surface area contributed by atoms with E-state index in [4.69, 9.17) is 4.74 Å². The van der Waals surface area contributed by atoms with Crippen molar-refractivity contribution in [2.45, 2.75) is 31.2 Å². The quantitative estimate of drug-likeness (QED) is 0.813. The molecular formula is C16H17F3O4. The van der Waals surface area contributed by atoms with Gasteiger partial charge in [0.05, 0.1) is 11.7 Å². The van der Waals surface area contributed by atoms with Gasteiger partial charge in [-0.15, -0.1) is 0 Å². The number of carbonyl (C=O) groups excluding carboxylic acids is 1. The second kappa shape index (κ2) is 7.14. The second-order valence-corrected chi connectivity index (χ2v) is 5.46. The van der Waals surface area contributed by atoms with Crippen LogP contribution in [0.2, 0.25) is 0 Å². The molecule has 3 atom stereocenters. The van der Waals surface area contributed by atoms with Crippen molar-refractivity contribution in [1.29, 1.82) is 0 Å². The summed E-state index contributed by atoms with van der Waals surface area (Å²) >= 11 is 0. The van der Waals surface area contributed by atoms with E-state index in [1.165, 1.54) is 24.3 Å². The van der Waals surface area contributed by atoms with Gasteiger partial charge < -0.3 is 14.9 Å². The molecule has 1 aliphatic carbocycles. The molecule has 2 unspecified atom stereocenters. The third-order valence-electron chi connectivity index (χ3n) is 3.52. The predicted molar refractivity (Wildman–Crippen MR) is 75.8 cm³/mol. The summed E-state index contributed by atoms with van der Waals surface area (Å²) in [5.41, 5.74) is -0.828. The van der Waals surface area contributed by atoms with Gasteiger partial charge in [-0.25, -0.2) is 0 Å². The monoisotopic (exact) mass is 330 g/mol. The molecule has 2 rings (SSSR count). The number of carbonyl (C=O) groups is 1. The number of Topliss-reactive ketones (excluding diaryl/α,β-unsaturated/α-hetero) is 1. The summed E-state index contributed by atoms with van der Waals surface area (Å²) in [6.45, 7) is -0.235. The minimum Gasteiger partial charge on any atom is -0.491 e. The number of hydrogen-bond acceptors (Lipinski definition) is 4. The molecule has 0 heterocycles. The van der Waals surface area contributed by atoms with E-state index in [1.807, 2.05) is 0 Å². The van der Waals surface area contributed by atoms with E-state index < -0.39 is 29.9 Å². The van der Waals surface area contributed by atoms with E-state index in [0.717, 1.165) is 12.1 Å². The zero-order chi connectivity index (χ0) is 17.0. The number of hydrogen-bond donors (Lipinski definition) is 2. The molecule has 1 aromatic carbocycles. The average molecular weight is 330 g/mol. The van der Waals surface area contributed by atoms with Gasteiger partial charge in [0, 0.05) is 12.3 Å². The Labute approximate surface area is 131 Å². The minimum atomic E-state index is -4.46. The Morgan fingerprint density at radius 3 is 2.74 bits per heavy atom. The first-order chi connectivity index (χ1) is 10.8. The Morgan fingerprint density at radius 1 is 1.39 bits per heavy atom. The first-order valence-electron chi connectivity index (χ1n) is 7.13. The van der Waals surface area contributed by atoms with Gasteiger partial charge in [-0.2, -0.15) is 13.2 Å². The standard InChI is InChI=1S/C16H17F3O4/c17-16(18,19)11-2-1-3-14(7-11)23-9-12(20)5-4-10-6-13(21)8-15(10)22/h1-5,7,10,12-13,20-21H,6,8-9H2/b5-4+/t10-,12?,13?/m1/s1. The van der Waals surface area contributed by atoms with Crippen LogP contribution in [0.25, 0.3) is 0 Å². The van der Waals surface area contributed by atoms with E-state index in [2.05, 4.69) is 0 Å². The van der Waals surface area contributed by atoms with Gasteiger partial charge in [0.1, 0.15) is 24.2 Å². The van der Waals surface area contributed by atoms with Crippen LogP contribution in [0.1, 0.15) is 18.4 Å². The summed E-state index contributed by atoms with van der Waals surface area (Å²) in [7, 11) is 0. The van der Waals surface area contributed by atoms with Crippen LogP contribution in [0.15, 0.2) is 36.4 Å². The molecule has 0 saturated heterocycles. The van der Waals surface area contributed by atoms with Crippen molar-refractivity contribution in [2.75, 3.05) is 6.61 Å². The molecule has 0 spiro atoms. The SMILES string of the molecule is O=C1CC(O)C[C@H]1/C=C/C(O)COc1cccc(C(F)(F)F)c1. The number of ether oxygens (including phenoxy) is 1. The summed E-state index contributed by atoms with van der Waals surface area (Å²) in [5.74, 6) is -0.535. The summed E-state index contributed by atoms with van der Waals surface area (Å²) in [6.07, 6.45) is -2.90. The second-order valence-electron chi connectivity index (χ2n) is 5.46. The molecule has 0 bridgehead atoms. The molecule has 126 valence electrons. The Kier molecular flexibility index (Phi) is 5.43. The van der Waals surface area contributed by atoms with Gasteiger partial charge in [-0.3, -0.25) is 4.79 Å². The molecule has 23 heavy (non-hydrogen) atoms. The van der Waals surface area contributed by atoms with Gasteiger partial charge in [0.2, 0.25) is 0 Å². The van der Waals surface area contributed by atoms with E-state index in [9.17, 15) is 28.2 Å². The highest BCUT2D eigenvalue weighted by Gasteiger charge is 2.31. The Hall–Kier alpha value is -1.86. The summed E-state index contributed by atoms with van der Waals surface area (Å²) in [5, 5.41) is 19.1. The van der Waals surface area contributed by atoms with Gasteiger partial charge in [0.25, 0.3) is 0 Å². The van der Waals surface area contributed by atoms with Crippen molar-refractivity contribution >= 4 is 5.78 Å². The molecule has 1 fully saturated rings. The number of alkyl halides is 3. The number of halogens is 3. The molecule has 0 radical (unpaired) electrons. The number of rotatable bonds is 5. The molecule has 2 N–H and O–H groups in total. The molecule has 1 aliphatic rings. The van der Waals surface area contributed by atoms with E-state index in [0.29, 0.717) is 6.42 Å². The number of benzene rings is 1. The summed E-state index contributed by atoms with van der Waals surface area (Å²) in [4.78, 5) is 11.5. The topological polar surface area (TPSA) is 66.8 Å². The fourth-order valence-electron chi connectivity index (χ4n) is 2.34. The van der Waals surface area contributed by atoms with Crippen LogP contribution in [0.4, 0.5) is 13.2 Å². The van der Waals surface area contributed by atoms with E-state index >= 15 is 0 Å². The van der Waals surface area contributed by atoms with Crippen LogP contribution >= 0.6 is 0 Å². The molecule has 0 aliphatic heterocycles. The number of aliphatic hydroxyl groups is 2. The number of ketones is 1. The van der Waals surface area contributed by atoms with Crippen molar-refractivity contribution in [1.82, 2.24) is 0 Å². The molecular weight excluding hydrogens is 313 g/mol. The van der Waals surface area contributed by atoms with E-state index in [-0.39, 0.29) is 24.6 Å². The smallest absolute Gasteiger partial charge is 0.416 e. The Morgan fingerprint density at radius 2 is 2.13 bits per heavy atom. The van der Waals surface area contributed by atoms with Gasteiger partial charge in [0.15, 0.2) is 0 Å². The zero-order valence-corrected chi connectivity index (χ0v) is 12.2. The van der Waals surface area contributed by atoms with Crippen LogP contribution in [0.5, 0.6) is 5.75 Å². The molecule has 1 aromatic rings. The third-order valence-corrected chi connectivity index (χ3v) is 3.52. The maximum atomic E-state index is 12.6.